The van der Waals surface area contributed by atoms with Crippen molar-refractivity contribution in [3.63, 3.8) is 0 Å². The SMILES string of the molecule is CC1(C)CC(NC(=O)CS(C)(=O)=O)c2cc(N)ccc2O1. The molecule has 3 N–H and O–H groups in total. The summed E-state index contributed by atoms with van der Waals surface area (Å²) in [5, 5.41) is 2.76. The molecule has 0 fully saturated rings. The largest absolute Gasteiger partial charge is 0.487 e. The van der Waals surface area contributed by atoms with Crippen LogP contribution < -0.4 is 15.8 Å². The third kappa shape index (κ3) is 4.10. The lowest BCUT2D eigenvalue weighted by atomic mass is 9.89. The second-order valence-electron chi connectivity index (χ2n) is 6.05. The van der Waals surface area contributed by atoms with E-state index in [-0.39, 0.29) is 6.04 Å². The number of anilines is 1. The van der Waals surface area contributed by atoms with Gasteiger partial charge in [0.1, 0.15) is 17.1 Å². The molecule has 7 heteroatoms. The number of nitrogens with two attached hydrogens (primary N) is 1. The fourth-order valence-electron chi connectivity index (χ4n) is 2.48. The van der Waals surface area contributed by atoms with E-state index in [4.69, 9.17) is 10.5 Å². The molecule has 0 aromatic heterocycles. The molecule has 0 saturated carbocycles. The molecule has 1 amide bonds. The number of ether oxygens (including phenoxy) is 1. The predicted octanol–water partition coefficient (Wildman–Crippen LogP) is 1.03. The van der Waals surface area contributed by atoms with Gasteiger partial charge in [-0.25, -0.2) is 8.42 Å². The van der Waals surface area contributed by atoms with Crippen LogP contribution in [0.4, 0.5) is 5.69 Å². The summed E-state index contributed by atoms with van der Waals surface area (Å²) in [6, 6.07) is 4.92. The Balaban J connectivity index is 2.27. The summed E-state index contributed by atoms with van der Waals surface area (Å²) in [6.07, 6.45) is 1.57. The highest BCUT2D eigenvalue weighted by molar-refractivity contribution is 7.91. The molecule has 6 nitrogen and oxygen atoms in total. The van der Waals surface area contributed by atoms with E-state index in [0.29, 0.717) is 17.9 Å². The first-order chi connectivity index (χ1) is 9.56. The number of carbonyl (C=O) groups is 1. The van der Waals surface area contributed by atoms with Crippen molar-refractivity contribution in [3.05, 3.63) is 23.8 Å². The molecule has 1 heterocycles. The summed E-state index contributed by atoms with van der Waals surface area (Å²) >= 11 is 0. The van der Waals surface area contributed by atoms with Crippen LogP contribution in [0.5, 0.6) is 5.75 Å². The summed E-state index contributed by atoms with van der Waals surface area (Å²) in [4.78, 5) is 11.9. The van der Waals surface area contributed by atoms with Crippen LogP contribution in [0.25, 0.3) is 0 Å². The second kappa shape index (κ2) is 5.22. The predicted molar refractivity (Wildman–Crippen MR) is 80.8 cm³/mol. The molecular formula is C14H20N2O4S. The number of carbonyl (C=O) groups excluding carboxylic acids is 1. The van der Waals surface area contributed by atoms with Crippen molar-refractivity contribution >= 4 is 21.4 Å². The maximum Gasteiger partial charge on any atom is 0.235 e. The minimum atomic E-state index is -3.36. The number of hydrogen-bond donors (Lipinski definition) is 2. The number of amides is 1. The molecule has 1 aliphatic rings. The van der Waals surface area contributed by atoms with E-state index in [9.17, 15) is 13.2 Å². The van der Waals surface area contributed by atoms with E-state index in [0.717, 1.165) is 11.8 Å². The first-order valence-corrected chi connectivity index (χ1v) is 8.67. The lowest BCUT2D eigenvalue weighted by Gasteiger charge is -2.38. The molecule has 0 saturated heterocycles. The molecule has 2 rings (SSSR count). The summed E-state index contributed by atoms with van der Waals surface area (Å²) in [5.74, 6) is -0.388. The Bertz CT molecular complexity index is 668. The van der Waals surface area contributed by atoms with E-state index in [2.05, 4.69) is 5.32 Å². The maximum absolute atomic E-state index is 11.9. The van der Waals surface area contributed by atoms with Gasteiger partial charge in [0, 0.05) is 23.9 Å². The van der Waals surface area contributed by atoms with Gasteiger partial charge in [0.05, 0.1) is 6.04 Å². The zero-order valence-electron chi connectivity index (χ0n) is 12.3. The Kier molecular flexibility index (Phi) is 3.88. The number of sulfone groups is 1. The molecular weight excluding hydrogens is 292 g/mol. The Morgan fingerprint density at radius 2 is 2.14 bits per heavy atom. The van der Waals surface area contributed by atoms with Crippen molar-refractivity contribution in [1.82, 2.24) is 5.32 Å². The van der Waals surface area contributed by atoms with Crippen LogP contribution in [0.1, 0.15) is 31.9 Å². The highest BCUT2D eigenvalue weighted by Crippen LogP contribution is 2.40. The molecule has 1 aromatic rings. The second-order valence-corrected chi connectivity index (χ2v) is 8.19. The van der Waals surface area contributed by atoms with Crippen LogP contribution in [0.3, 0.4) is 0 Å². The first kappa shape index (κ1) is 15.6. The van der Waals surface area contributed by atoms with Gasteiger partial charge in [0.2, 0.25) is 5.91 Å². The van der Waals surface area contributed by atoms with E-state index >= 15 is 0 Å². The van der Waals surface area contributed by atoms with Gasteiger partial charge in [-0.3, -0.25) is 4.79 Å². The Hall–Kier alpha value is -1.76. The minimum absolute atomic E-state index is 0.318. The number of fused-ring (bicyclic) bond motifs is 1. The Morgan fingerprint density at radius 3 is 2.76 bits per heavy atom. The van der Waals surface area contributed by atoms with Crippen molar-refractivity contribution in [2.75, 3.05) is 17.7 Å². The van der Waals surface area contributed by atoms with Crippen LogP contribution >= 0.6 is 0 Å². The number of nitrogens with one attached hydrogen (secondary N) is 1. The lowest BCUT2D eigenvalue weighted by molar-refractivity contribution is -0.119. The van der Waals surface area contributed by atoms with Crippen LogP contribution in [-0.2, 0) is 14.6 Å². The molecule has 1 atom stereocenters. The fraction of sp³-hybridized carbons (Fsp3) is 0.500. The zero-order chi connectivity index (χ0) is 15.8. The van der Waals surface area contributed by atoms with Gasteiger partial charge in [0.25, 0.3) is 0 Å². The number of hydrogen-bond acceptors (Lipinski definition) is 5. The van der Waals surface area contributed by atoms with Crippen molar-refractivity contribution in [2.24, 2.45) is 0 Å². The normalized spacial score (nSPS) is 20.2. The van der Waals surface area contributed by atoms with E-state index < -0.39 is 27.1 Å². The van der Waals surface area contributed by atoms with Crippen LogP contribution in [0.2, 0.25) is 0 Å². The molecule has 21 heavy (non-hydrogen) atoms. The summed E-state index contributed by atoms with van der Waals surface area (Å²) in [6.45, 7) is 3.84. The van der Waals surface area contributed by atoms with Gasteiger partial charge in [-0.2, -0.15) is 0 Å². The monoisotopic (exact) mass is 312 g/mol. The average molecular weight is 312 g/mol. The molecule has 1 aliphatic heterocycles. The van der Waals surface area contributed by atoms with Gasteiger partial charge in [-0.1, -0.05) is 0 Å². The number of rotatable bonds is 3. The van der Waals surface area contributed by atoms with Gasteiger partial charge >= 0.3 is 0 Å². The molecule has 1 aromatic carbocycles. The minimum Gasteiger partial charge on any atom is -0.487 e. The molecule has 116 valence electrons. The number of nitrogen functional groups attached to an aromatic ring is 1. The van der Waals surface area contributed by atoms with Crippen molar-refractivity contribution in [1.29, 1.82) is 0 Å². The van der Waals surface area contributed by atoms with Crippen LogP contribution in [0.15, 0.2) is 18.2 Å². The molecule has 0 bridgehead atoms. The van der Waals surface area contributed by atoms with Crippen molar-refractivity contribution < 1.29 is 17.9 Å². The number of benzene rings is 1. The van der Waals surface area contributed by atoms with Gasteiger partial charge in [0.15, 0.2) is 9.84 Å². The Labute approximate surface area is 124 Å². The van der Waals surface area contributed by atoms with Crippen LogP contribution in [0, 0.1) is 0 Å². The highest BCUT2D eigenvalue weighted by Gasteiger charge is 2.34. The smallest absolute Gasteiger partial charge is 0.235 e. The molecule has 0 spiro atoms. The third-order valence-electron chi connectivity index (χ3n) is 3.22. The summed E-state index contributed by atoms with van der Waals surface area (Å²) in [5.41, 5.74) is 6.67. The summed E-state index contributed by atoms with van der Waals surface area (Å²) < 4.78 is 28.3. The van der Waals surface area contributed by atoms with Gasteiger partial charge in [-0.05, 0) is 32.0 Å². The van der Waals surface area contributed by atoms with Gasteiger partial charge < -0.3 is 15.8 Å². The molecule has 0 radical (unpaired) electrons. The Morgan fingerprint density at radius 1 is 1.48 bits per heavy atom. The maximum atomic E-state index is 11.9. The third-order valence-corrected chi connectivity index (χ3v) is 4.01. The standard InChI is InChI=1S/C14H20N2O4S/c1-14(2)7-11(16-13(17)8-21(3,18)19)10-6-9(15)4-5-12(10)20-14/h4-6,11H,7-8,15H2,1-3H3,(H,16,17). The molecule has 0 aliphatic carbocycles. The lowest BCUT2D eigenvalue weighted by Crippen LogP contribution is -2.42. The highest BCUT2D eigenvalue weighted by atomic mass is 32.2. The quantitative estimate of drug-likeness (QED) is 0.812. The fourth-order valence-corrected chi connectivity index (χ4v) is 3.04. The van der Waals surface area contributed by atoms with Crippen LogP contribution in [-0.4, -0.2) is 31.9 Å². The van der Waals surface area contributed by atoms with E-state index in [1.807, 2.05) is 13.8 Å². The van der Waals surface area contributed by atoms with E-state index in [1.54, 1.807) is 18.2 Å². The van der Waals surface area contributed by atoms with Crippen molar-refractivity contribution in [3.8, 4) is 5.75 Å². The zero-order valence-corrected chi connectivity index (χ0v) is 13.2. The first-order valence-electron chi connectivity index (χ1n) is 6.61. The summed E-state index contributed by atoms with van der Waals surface area (Å²) in [7, 11) is -3.36. The average Bonchev–Trinajstić information content (AvgIpc) is 2.26. The van der Waals surface area contributed by atoms with Gasteiger partial charge in [-0.15, -0.1) is 0 Å². The topological polar surface area (TPSA) is 98.5 Å². The van der Waals surface area contributed by atoms with E-state index in [1.165, 1.54) is 0 Å². The molecule has 1 unspecified atom stereocenters. The van der Waals surface area contributed by atoms with Crippen molar-refractivity contribution in [2.45, 2.75) is 31.9 Å².